The van der Waals surface area contributed by atoms with Crippen LogP contribution in [0.5, 0.6) is 0 Å². The number of nitro benzene ring substituents is 2. The van der Waals surface area contributed by atoms with E-state index in [9.17, 15) is 25.0 Å². The zero-order valence-electron chi connectivity index (χ0n) is 13.4. The SMILES string of the molecule is Cc1ccc(C(=O)N(C)Cc2cc([N+](=O)[O-])ccc2Cl)cc1[N+](=O)[O-]. The topological polar surface area (TPSA) is 107 Å². The minimum atomic E-state index is -0.552. The summed E-state index contributed by atoms with van der Waals surface area (Å²) >= 11 is 6.03. The Morgan fingerprint density at radius 3 is 2.40 bits per heavy atom. The molecule has 2 aromatic carbocycles. The van der Waals surface area contributed by atoms with Crippen LogP contribution in [0.1, 0.15) is 21.5 Å². The molecular weight excluding hydrogens is 350 g/mol. The fourth-order valence-electron chi connectivity index (χ4n) is 2.28. The van der Waals surface area contributed by atoms with Crippen LogP contribution in [-0.2, 0) is 6.54 Å². The first-order valence-corrected chi connectivity index (χ1v) is 7.52. The molecule has 8 nitrogen and oxygen atoms in total. The second-order valence-corrected chi connectivity index (χ2v) is 5.86. The third kappa shape index (κ3) is 4.10. The zero-order chi connectivity index (χ0) is 18.7. The van der Waals surface area contributed by atoms with Crippen LogP contribution in [0.15, 0.2) is 36.4 Å². The van der Waals surface area contributed by atoms with E-state index in [1.807, 2.05) is 0 Å². The van der Waals surface area contributed by atoms with Crippen molar-refractivity contribution in [2.24, 2.45) is 0 Å². The Morgan fingerprint density at radius 1 is 1.12 bits per heavy atom. The second-order valence-electron chi connectivity index (χ2n) is 5.45. The molecule has 0 fully saturated rings. The smallest absolute Gasteiger partial charge is 0.273 e. The number of carbonyl (C=O) groups excluding carboxylic acids is 1. The molecule has 0 atom stereocenters. The summed E-state index contributed by atoms with van der Waals surface area (Å²) in [5.41, 5.74) is 0.736. The van der Waals surface area contributed by atoms with E-state index in [4.69, 9.17) is 11.6 Å². The summed E-state index contributed by atoms with van der Waals surface area (Å²) in [6.45, 7) is 1.61. The van der Waals surface area contributed by atoms with Crippen LogP contribution in [0, 0.1) is 27.2 Å². The summed E-state index contributed by atoms with van der Waals surface area (Å²) in [5, 5.41) is 22.2. The van der Waals surface area contributed by atoms with Crippen LogP contribution < -0.4 is 0 Å². The molecule has 0 heterocycles. The number of hydrogen-bond acceptors (Lipinski definition) is 5. The minimum Gasteiger partial charge on any atom is -0.337 e. The van der Waals surface area contributed by atoms with Gasteiger partial charge in [0.1, 0.15) is 0 Å². The van der Waals surface area contributed by atoms with E-state index in [1.165, 1.54) is 48.3 Å². The highest BCUT2D eigenvalue weighted by atomic mass is 35.5. The van der Waals surface area contributed by atoms with Gasteiger partial charge in [0.2, 0.25) is 0 Å². The van der Waals surface area contributed by atoms with Crippen LogP contribution >= 0.6 is 11.6 Å². The van der Waals surface area contributed by atoms with E-state index >= 15 is 0 Å². The minimum absolute atomic E-state index is 0.0288. The van der Waals surface area contributed by atoms with E-state index in [0.717, 1.165) is 0 Å². The third-order valence-corrected chi connectivity index (χ3v) is 4.02. The number of halogens is 1. The van der Waals surface area contributed by atoms with Crippen LogP contribution in [-0.4, -0.2) is 27.7 Å². The van der Waals surface area contributed by atoms with Gasteiger partial charge in [0.25, 0.3) is 17.3 Å². The van der Waals surface area contributed by atoms with Crippen molar-refractivity contribution in [2.45, 2.75) is 13.5 Å². The number of aryl methyl sites for hydroxylation is 1. The van der Waals surface area contributed by atoms with Crippen molar-refractivity contribution in [1.29, 1.82) is 0 Å². The first kappa shape index (κ1) is 18.3. The highest BCUT2D eigenvalue weighted by molar-refractivity contribution is 6.31. The Labute approximate surface area is 147 Å². The number of non-ortho nitro benzene ring substituents is 1. The van der Waals surface area contributed by atoms with Gasteiger partial charge in [0.15, 0.2) is 0 Å². The molecule has 0 saturated heterocycles. The predicted octanol–water partition coefficient (Wildman–Crippen LogP) is 3.74. The summed E-state index contributed by atoms with van der Waals surface area (Å²) < 4.78 is 0. The van der Waals surface area contributed by atoms with E-state index in [0.29, 0.717) is 16.1 Å². The van der Waals surface area contributed by atoms with Gasteiger partial charge >= 0.3 is 0 Å². The van der Waals surface area contributed by atoms with Crippen molar-refractivity contribution >= 4 is 28.9 Å². The molecule has 0 aliphatic carbocycles. The fourth-order valence-corrected chi connectivity index (χ4v) is 2.46. The van der Waals surface area contributed by atoms with Crippen LogP contribution in [0.4, 0.5) is 11.4 Å². The van der Waals surface area contributed by atoms with E-state index in [1.54, 1.807) is 6.92 Å². The maximum Gasteiger partial charge on any atom is 0.273 e. The van der Waals surface area contributed by atoms with Gasteiger partial charge in [-0.3, -0.25) is 25.0 Å². The normalized spacial score (nSPS) is 10.4. The lowest BCUT2D eigenvalue weighted by Gasteiger charge is -2.18. The Hall–Kier alpha value is -3.00. The second kappa shape index (κ2) is 7.27. The highest BCUT2D eigenvalue weighted by Gasteiger charge is 2.19. The fraction of sp³-hybridized carbons (Fsp3) is 0.188. The lowest BCUT2D eigenvalue weighted by Crippen LogP contribution is -2.26. The first-order chi connectivity index (χ1) is 11.7. The van der Waals surface area contributed by atoms with Gasteiger partial charge in [-0.1, -0.05) is 17.7 Å². The lowest BCUT2D eigenvalue weighted by atomic mass is 10.1. The molecule has 0 bridgehead atoms. The molecule has 0 radical (unpaired) electrons. The quantitative estimate of drug-likeness (QED) is 0.594. The van der Waals surface area contributed by atoms with E-state index < -0.39 is 15.8 Å². The van der Waals surface area contributed by atoms with Crippen molar-refractivity contribution in [3.05, 3.63) is 78.3 Å². The number of hydrogen-bond donors (Lipinski definition) is 0. The Balaban J connectivity index is 2.27. The molecule has 0 saturated carbocycles. The first-order valence-electron chi connectivity index (χ1n) is 7.14. The molecule has 25 heavy (non-hydrogen) atoms. The monoisotopic (exact) mass is 363 g/mol. The van der Waals surface area contributed by atoms with E-state index in [2.05, 4.69) is 0 Å². The molecule has 2 aromatic rings. The molecule has 0 aromatic heterocycles. The maximum atomic E-state index is 12.5. The Morgan fingerprint density at radius 2 is 1.80 bits per heavy atom. The Kier molecular flexibility index (Phi) is 5.33. The van der Waals surface area contributed by atoms with Gasteiger partial charge in [-0.05, 0) is 24.6 Å². The van der Waals surface area contributed by atoms with Gasteiger partial charge in [-0.2, -0.15) is 0 Å². The van der Waals surface area contributed by atoms with Crippen LogP contribution in [0.25, 0.3) is 0 Å². The molecule has 0 unspecified atom stereocenters. The molecule has 0 aliphatic heterocycles. The zero-order valence-corrected chi connectivity index (χ0v) is 14.2. The van der Waals surface area contributed by atoms with Gasteiger partial charge in [-0.25, -0.2) is 0 Å². The summed E-state index contributed by atoms with van der Waals surface area (Å²) in [6.07, 6.45) is 0. The standard InChI is InChI=1S/C16H14ClN3O5/c1-10-3-4-11(8-15(10)20(24)25)16(21)18(2)9-12-7-13(19(22)23)5-6-14(12)17/h3-8H,9H2,1-2H3. The van der Waals surface area contributed by atoms with Crippen molar-refractivity contribution in [2.75, 3.05) is 7.05 Å². The lowest BCUT2D eigenvalue weighted by molar-refractivity contribution is -0.385. The van der Waals surface area contributed by atoms with Crippen molar-refractivity contribution in [3.8, 4) is 0 Å². The molecule has 1 amide bonds. The number of amides is 1. The molecule has 130 valence electrons. The van der Waals surface area contributed by atoms with Gasteiger partial charge in [-0.15, -0.1) is 0 Å². The van der Waals surface area contributed by atoms with Gasteiger partial charge < -0.3 is 4.90 Å². The molecule has 0 N–H and O–H groups in total. The summed E-state index contributed by atoms with van der Waals surface area (Å²) in [7, 11) is 1.49. The van der Waals surface area contributed by atoms with Crippen molar-refractivity contribution in [1.82, 2.24) is 4.90 Å². The van der Waals surface area contributed by atoms with E-state index in [-0.39, 0.29) is 23.5 Å². The molecule has 2 rings (SSSR count). The number of benzene rings is 2. The van der Waals surface area contributed by atoms with Crippen LogP contribution in [0.2, 0.25) is 5.02 Å². The van der Waals surface area contributed by atoms with Gasteiger partial charge in [0.05, 0.1) is 9.85 Å². The Bertz CT molecular complexity index is 869. The molecule has 0 aliphatic rings. The number of nitrogens with zero attached hydrogens (tertiary/aromatic N) is 3. The van der Waals surface area contributed by atoms with Gasteiger partial charge in [0, 0.05) is 47.9 Å². The molecule has 9 heteroatoms. The predicted molar refractivity (Wildman–Crippen MR) is 91.7 cm³/mol. The highest BCUT2D eigenvalue weighted by Crippen LogP contribution is 2.24. The average Bonchev–Trinajstić information content (AvgIpc) is 2.56. The summed E-state index contributed by atoms with van der Waals surface area (Å²) in [4.78, 5) is 34.5. The van der Waals surface area contributed by atoms with Crippen molar-refractivity contribution in [3.63, 3.8) is 0 Å². The largest absolute Gasteiger partial charge is 0.337 e. The summed E-state index contributed by atoms with van der Waals surface area (Å²) in [5.74, 6) is -0.453. The number of nitro groups is 2. The number of carbonyl (C=O) groups is 1. The molecular formula is C16H14ClN3O5. The summed E-state index contributed by atoms with van der Waals surface area (Å²) in [6, 6.07) is 8.17. The van der Waals surface area contributed by atoms with Crippen LogP contribution in [0.3, 0.4) is 0 Å². The average molecular weight is 364 g/mol. The molecule has 0 spiro atoms. The number of rotatable bonds is 5. The maximum absolute atomic E-state index is 12.5. The van der Waals surface area contributed by atoms with Crippen molar-refractivity contribution < 1.29 is 14.6 Å². The third-order valence-electron chi connectivity index (χ3n) is 3.65.